The van der Waals surface area contributed by atoms with E-state index in [1.807, 2.05) is 0 Å². The van der Waals surface area contributed by atoms with Crippen LogP contribution in [0.3, 0.4) is 0 Å². The number of rotatable bonds is 6. The first-order chi connectivity index (χ1) is 15.7. The van der Waals surface area contributed by atoms with Gasteiger partial charge in [0.05, 0.1) is 17.6 Å². The highest BCUT2D eigenvalue weighted by atomic mass is 35.5. The van der Waals surface area contributed by atoms with Crippen molar-refractivity contribution in [1.29, 1.82) is 0 Å². The fraction of sp³-hybridized carbons (Fsp3) is 0.190. The van der Waals surface area contributed by atoms with Crippen molar-refractivity contribution < 1.29 is 23.9 Å². The summed E-state index contributed by atoms with van der Waals surface area (Å²) in [6.07, 6.45) is 1.28. The van der Waals surface area contributed by atoms with Crippen molar-refractivity contribution in [2.75, 3.05) is 18.0 Å². The van der Waals surface area contributed by atoms with Crippen LogP contribution in [0.15, 0.2) is 48.7 Å². The Bertz CT molecular complexity index is 1250. The van der Waals surface area contributed by atoms with Gasteiger partial charge in [0.2, 0.25) is 11.8 Å². The summed E-state index contributed by atoms with van der Waals surface area (Å²) >= 11 is 12.0. The number of aromatic nitrogens is 3. The second-order valence-corrected chi connectivity index (χ2v) is 8.13. The third kappa shape index (κ3) is 4.81. The Balaban J connectivity index is 1.62. The molecule has 1 saturated heterocycles. The summed E-state index contributed by atoms with van der Waals surface area (Å²) in [4.78, 5) is 40.1. The summed E-state index contributed by atoms with van der Waals surface area (Å²) in [7, 11) is 0. The Morgan fingerprint density at radius 2 is 1.88 bits per heavy atom. The van der Waals surface area contributed by atoms with E-state index >= 15 is 0 Å². The lowest BCUT2D eigenvalue weighted by molar-refractivity contribution is -0.152. The van der Waals surface area contributed by atoms with Crippen molar-refractivity contribution >= 4 is 46.7 Å². The minimum atomic E-state index is -1.33. The fourth-order valence-corrected chi connectivity index (χ4v) is 3.92. The number of anilines is 1. The molecule has 1 unspecified atom stereocenters. The molecule has 0 saturated carbocycles. The van der Waals surface area contributed by atoms with Crippen molar-refractivity contribution in [2.24, 2.45) is 0 Å². The van der Waals surface area contributed by atoms with E-state index in [0.717, 1.165) is 4.90 Å². The Hall–Kier alpha value is -3.50. The number of nitrogens with zero attached hydrogens (tertiary/aromatic N) is 5. The number of carboxylic acids is 1. The number of piperazine rings is 1. The standard InChI is InChI=1S/C21H16Cl2FN5O4/c22-13-4-5-15(29-9-18(23)25-26-29)16(8-13)27-10-20(31)28(11-19(27)30)17(21(32)33)7-12-2-1-3-14(24)6-12/h1-6,8-9,17H,7,10-11H2,(H,32,33). The molecule has 170 valence electrons. The molecule has 2 amide bonds. The van der Waals surface area contributed by atoms with Crippen LogP contribution in [0.25, 0.3) is 5.69 Å². The first-order valence-corrected chi connectivity index (χ1v) is 10.4. The molecule has 4 rings (SSSR count). The van der Waals surface area contributed by atoms with E-state index < -0.39 is 42.7 Å². The minimum Gasteiger partial charge on any atom is -0.480 e. The van der Waals surface area contributed by atoms with Gasteiger partial charge in [-0.3, -0.25) is 14.5 Å². The largest absolute Gasteiger partial charge is 0.480 e. The zero-order chi connectivity index (χ0) is 23.7. The molecular weight excluding hydrogens is 476 g/mol. The zero-order valence-electron chi connectivity index (χ0n) is 16.9. The number of hydrogen-bond acceptors (Lipinski definition) is 5. The molecule has 1 aliphatic heterocycles. The summed E-state index contributed by atoms with van der Waals surface area (Å²) < 4.78 is 14.9. The maximum atomic E-state index is 13.5. The van der Waals surface area contributed by atoms with Crippen LogP contribution in [0.1, 0.15) is 5.56 Å². The van der Waals surface area contributed by atoms with Crippen LogP contribution in [-0.2, 0) is 20.8 Å². The maximum absolute atomic E-state index is 13.5. The molecular formula is C21H16Cl2FN5O4. The van der Waals surface area contributed by atoms with Crippen LogP contribution in [0.4, 0.5) is 10.1 Å². The van der Waals surface area contributed by atoms with Crippen LogP contribution in [0, 0.1) is 5.82 Å². The van der Waals surface area contributed by atoms with Gasteiger partial charge in [0.1, 0.15) is 24.9 Å². The molecule has 33 heavy (non-hydrogen) atoms. The zero-order valence-corrected chi connectivity index (χ0v) is 18.4. The van der Waals surface area contributed by atoms with Gasteiger partial charge in [0.15, 0.2) is 5.15 Å². The minimum absolute atomic E-state index is 0.129. The van der Waals surface area contributed by atoms with E-state index in [1.165, 1.54) is 40.0 Å². The van der Waals surface area contributed by atoms with Gasteiger partial charge in [-0.2, -0.15) is 0 Å². The predicted molar refractivity (Wildman–Crippen MR) is 117 cm³/mol. The topological polar surface area (TPSA) is 109 Å². The molecule has 1 fully saturated rings. The lowest BCUT2D eigenvalue weighted by atomic mass is 10.0. The van der Waals surface area contributed by atoms with Crippen LogP contribution >= 0.6 is 23.2 Å². The molecule has 0 radical (unpaired) electrons. The fourth-order valence-electron chi connectivity index (χ4n) is 3.62. The molecule has 2 aromatic carbocycles. The summed E-state index contributed by atoms with van der Waals surface area (Å²) in [6, 6.07) is 8.77. The summed E-state index contributed by atoms with van der Waals surface area (Å²) in [5.41, 5.74) is 1.09. The average molecular weight is 492 g/mol. The monoisotopic (exact) mass is 491 g/mol. The lowest BCUT2D eigenvalue weighted by Crippen LogP contribution is -2.59. The number of aliphatic carboxylic acids is 1. The highest BCUT2D eigenvalue weighted by molar-refractivity contribution is 6.31. The second-order valence-electron chi connectivity index (χ2n) is 7.31. The molecule has 0 bridgehead atoms. The molecule has 3 aromatic rings. The van der Waals surface area contributed by atoms with Crippen LogP contribution in [0.2, 0.25) is 10.2 Å². The molecule has 1 atom stereocenters. The third-order valence-corrected chi connectivity index (χ3v) is 5.55. The Morgan fingerprint density at radius 3 is 2.55 bits per heavy atom. The third-order valence-electron chi connectivity index (χ3n) is 5.14. The van der Waals surface area contributed by atoms with Gasteiger partial charge in [-0.25, -0.2) is 13.9 Å². The number of amides is 2. The van der Waals surface area contributed by atoms with Crippen molar-refractivity contribution in [3.05, 3.63) is 70.2 Å². The highest BCUT2D eigenvalue weighted by Crippen LogP contribution is 2.30. The van der Waals surface area contributed by atoms with E-state index in [9.17, 15) is 23.9 Å². The van der Waals surface area contributed by atoms with Gasteiger partial charge in [0, 0.05) is 11.4 Å². The van der Waals surface area contributed by atoms with Crippen molar-refractivity contribution in [3.8, 4) is 5.69 Å². The number of carbonyl (C=O) groups excluding carboxylic acids is 2. The number of benzene rings is 2. The Labute approximate surface area is 196 Å². The quantitative estimate of drug-likeness (QED) is 0.567. The smallest absolute Gasteiger partial charge is 0.326 e. The molecule has 1 N–H and O–H groups in total. The molecule has 9 nitrogen and oxygen atoms in total. The van der Waals surface area contributed by atoms with Gasteiger partial charge in [-0.15, -0.1) is 5.10 Å². The Morgan fingerprint density at radius 1 is 1.09 bits per heavy atom. The van der Waals surface area contributed by atoms with Gasteiger partial charge in [-0.1, -0.05) is 40.5 Å². The lowest BCUT2D eigenvalue weighted by Gasteiger charge is -2.37. The maximum Gasteiger partial charge on any atom is 0.326 e. The van der Waals surface area contributed by atoms with Crippen LogP contribution in [-0.4, -0.2) is 61.9 Å². The first kappa shape index (κ1) is 22.7. The van der Waals surface area contributed by atoms with Gasteiger partial charge < -0.3 is 10.0 Å². The van der Waals surface area contributed by atoms with Crippen molar-refractivity contribution in [2.45, 2.75) is 12.5 Å². The predicted octanol–water partition coefficient (Wildman–Crippen LogP) is 2.58. The SMILES string of the molecule is O=C(O)C(Cc1cccc(F)c1)N1CC(=O)N(c2cc(Cl)ccc2-n2cc(Cl)nn2)CC1=O. The average Bonchev–Trinajstić information content (AvgIpc) is 3.19. The number of carbonyl (C=O) groups is 3. The molecule has 0 aliphatic carbocycles. The van der Waals surface area contributed by atoms with Crippen LogP contribution < -0.4 is 4.90 Å². The molecule has 1 aliphatic rings. The van der Waals surface area contributed by atoms with Crippen molar-refractivity contribution in [3.63, 3.8) is 0 Å². The number of carboxylic acid groups (broad SMARTS) is 1. The van der Waals surface area contributed by atoms with Gasteiger partial charge in [-0.05, 0) is 35.9 Å². The first-order valence-electron chi connectivity index (χ1n) is 9.68. The normalized spacial score (nSPS) is 15.1. The van der Waals surface area contributed by atoms with Gasteiger partial charge >= 0.3 is 5.97 Å². The van der Waals surface area contributed by atoms with E-state index in [0.29, 0.717) is 22.0 Å². The van der Waals surface area contributed by atoms with E-state index in [4.69, 9.17) is 23.2 Å². The molecule has 2 heterocycles. The van der Waals surface area contributed by atoms with Gasteiger partial charge in [0.25, 0.3) is 0 Å². The molecule has 0 spiro atoms. The summed E-state index contributed by atoms with van der Waals surface area (Å²) in [5.74, 6) is -2.92. The molecule has 1 aromatic heterocycles. The van der Waals surface area contributed by atoms with Crippen molar-refractivity contribution in [1.82, 2.24) is 19.9 Å². The summed E-state index contributed by atoms with van der Waals surface area (Å²) in [6.45, 7) is -0.892. The van der Waals surface area contributed by atoms with E-state index in [2.05, 4.69) is 10.3 Å². The van der Waals surface area contributed by atoms with Crippen LogP contribution in [0.5, 0.6) is 0 Å². The highest BCUT2D eigenvalue weighted by Gasteiger charge is 2.39. The number of hydrogen-bond donors (Lipinski definition) is 1. The van der Waals surface area contributed by atoms with E-state index in [-0.39, 0.29) is 11.6 Å². The summed E-state index contributed by atoms with van der Waals surface area (Å²) in [5, 5.41) is 17.8. The number of halogens is 3. The Kier molecular flexibility index (Phi) is 6.30. The molecule has 12 heteroatoms. The van der Waals surface area contributed by atoms with E-state index in [1.54, 1.807) is 18.2 Å². The second kappa shape index (κ2) is 9.16.